The SMILES string of the molecule is CO[Si](C)(OC)C1(C2(C(N)(N)N)CC2)CC1.CO[Si](CNc1ccccc1)(OC)OC. The van der Waals surface area contributed by atoms with Gasteiger partial charge in [0, 0.05) is 51.7 Å². The van der Waals surface area contributed by atoms with Crippen molar-refractivity contribution in [1.82, 2.24) is 0 Å². The molecular weight excluding hydrogens is 432 g/mol. The molecule has 7 N–H and O–H groups in total. The summed E-state index contributed by atoms with van der Waals surface area (Å²) in [6.07, 6.45) is 4.69. The average Bonchev–Trinajstić information content (AvgIpc) is 3.67. The van der Waals surface area contributed by atoms with E-state index in [9.17, 15) is 0 Å². The predicted molar refractivity (Wildman–Crippen MR) is 126 cm³/mol. The standard InChI is InChI=1S/C10H23N3O2Si.C10H17NO3Si/c1-14-16(3,15-2)9(6-7-9)8(4-5-8)10(11,12)13;1-12-15(13-2,14-3)9-11-10-7-5-4-6-8-10/h4-7,11-13H2,1-3H3;4-8,11H,9H2,1-3H3. The molecule has 1 aromatic carbocycles. The normalized spacial score (nSPS) is 19.3. The van der Waals surface area contributed by atoms with E-state index in [1.165, 1.54) is 0 Å². The van der Waals surface area contributed by atoms with Crippen molar-refractivity contribution in [2.24, 2.45) is 22.6 Å². The smallest absolute Gasteiger partial charge is 0.397 e. The van der Waals surface area contributed by atoms with Gasteiger partial charge in [-0.25, -0.2) is 0 Å². The van der Waals surface area contributed by atoms with Gasteiger partial charge in [-0.2, -0.15) is 0 Å². The first-order valence-corrected chi connectivity index (χ1v) is 14.7. The number of rotatable bonds is 11. The average molecular weight is 473 g/mol. The van der Waals surface area contributed by atoms with Gasteiger partial charge in [-0.3, -0.25) is 0 Å². The molecule has 3 rings (SSSR count). The van der Waals surface area contributed by atoms with E-state index in [4.69, 9.17) is 39.3 Å². The Kier molecular flexibility index (Phi) is 8.47. The first kappa shape index (κ1) is 26.4. The lowest BCUT2D eigenvalue weighted by molar-refractivity contribution is 0.127. The molecule has 0 radical (unpaired) electrons. The van der Waals surface area contributed by atoms with Gasteiger partial charge < -0.3 is 44.6 Å². The van der Waals surface area contributed by atoms with Crippen molar-refractivity contribution in [1.29, 1.82) is 0 Å². The number of anilines is 1. The minimum absolute atomic E-state index is 0.0156. The van der Waals surface area contributed by atoms with Crippen LogP contribution in [0.5, 0.6) is 0 Å². The maximum absolute atomic E-state index is 5.97. The fourth-order valence-electron chi connectivity index (χ4n) is 4.65. The maximum Gasteiger partial charge on any atom is 0.520 e. The summed E-state index contributed by atoms with van der Waals surface area (Å²) in [6, 6.07) is 9.88. The van der Waals surface area contributed by atoms with Gasteiger partial charge in [0.05, 0.1) is 6.17 Å². The molecule has 0 amide bonds. The van der Waals surface area contributed by atoms with Crippen LogP contribution in [0.4, 0.5) is 5.69 Å². The topological polar surface area (TPSA) is 136 Å². The van der Waals surface area contributed by atoms with E-state index in [1.807, 2.05) is 30.3 Å². The molecule has 0 bridgehead atoms. The number of hydrogen-bond acceptors (Lipinski definition) is 9. The molecule has 11 heteroatoms. The predicted octanol–water partition coefficient (Wildman–Crippen LogP) is 1.71. The summed E-state index contributed by atoms with van der Waals surface area (Å²) >= 11 is 0. The molecule has 0 atom stereocenters. The van der Waals surface area contributed by atoms with Crippen molar-refractivity contribution < 1.29 is 22.1 Å². The monoisotopic (exact) mass is 472 g/mol. The molecule has 178 valence electrons. The van der Waals surface area contributed by atoms with Crippen LogP contribution in [0.1, 0.15) is 25.7 Å². The highest BCUT2D eigenvalue weighted by molar-refractivity contribution is 6.70. The minimum atomic E-state index is -2.51. The van der Waals surface area contributed by atoms with Crippen LogP contribution in [0, 0.1) is 5.41 Å². The third kappa shape index (κ3) is 5.06. The van der Waals surface area contributed by atoms with Crippen molar-refractivity contribution in [3.8, 4) is 0 Å². The molecular formula is C20H40N4O5Si2. The molecule has 2 saturated carbocycles. The Morgan fingerprint density at radius 2 is 1.32 bits per heavy atom. The van der Waals surface area contributed by atoms with E-state index in [-0.39, 0.29) is 10.5 Å². The Labute approximate surface area is 188 Å². The zero-order chi connectivity index (χ0) is 23.4. The van der Waals surface area contributed by atoms with Crippen LogP contribution in [0.3, 0.4) is 0 Å². The zero-order valence-electron chi connectivity index (χ0n) is 19.7. The fourth-order valence-corrected chi connectivity index (χ4v) is 9.32. The third-order valence-corrected chi connectivity index (χ3v) is 13.9. The highest BCUT2D eigenvalue weighted by Crippen LogP contribution is 2.81. The van der Waals surface area contributed by atoms with Gasteiger partial charge in [0.15, 0.2) is 0 Å². The summed E-state index contributed by atoms with van der Waals surface area (Å²) < 4.78 is 27.2. The van der Waals surface area contributed by atoms with Crippen LogP contribution >= 0.6 is 0 Å². The number of para-hydroxylation sites is 1. The summed E-state index contributed by atoms with van der Waals surface area (Å²) in [5.41, 5.74) is 18.8. The Bertz CT molecular complexity index is 680. The van der Waals surface area contributed by atoms with E-state index in [0.717, 1.165) is 31.4 Å². The zero-order valence-corrected chi connectivity index (χ0v) is 21.7. The first-order chi connectivity index (χ1) is 14.5. The number of hydrogen-bond donors (Lipinski definition) is 4. The van der Waals surface area contributed by atoms with Crippen molar-refractivity contribution in [2.75, 3.05) is 47.0 Å². The second-order valence-corrected chi connectivity index (χ2v) is 15.1. The molecule has 0 aromatic heterocycles. The summed E-state index contributed by atoms with van der Waals surface area (Å²) in [6.45, 7) is 2.09. The molecule has 0 unspecified atom stereocenters. The molecule has 0 saturated heterocycles. The summed E-state index contributed by atoms with van der Waals surface area (Å²) in [7, 11) is 3.50. The van der Waals surface area contributed by atoms with Gasteiger partial charge >= 0.3 is 17.4 Å². The Morgan fingerprint density at radius 1 is 0.839 bits per heavy atom. The van der Waals surface area contributed by atoms with E-state index in [1.54, 1.807) is 35.5 Å². The fraction of sp³-hybridized carbons (Fsp3) is 0.700. The van der Waals surface area contributed by atoms with Crippen LogP contribution < -0.4 is 22.5 Å². The Balaban J connectivity index is 0.000000221. The highest BCUT2D eigenvalue weighted by Gasteiger charge is 2.79. The highest BCUT2D eigenvalue weighted by atomic mass is 28.4. The molecule has 0 heterocycles. The van der Waals surface area contributed by atoms with Gasteiger partial charge in [-0.1, -0.05) is 18.2 Å². The quantitative estimate of drug-likeness (QED) is 0.280. The van der Waals surface area contributed by atoms with Crippen molar-refractivity contribution >= 4 is 23.1 Å². The molecule has 0 aliphatic heterocycles. The van der Waals surface area contributed by atoms with E-state index in [2.05, 4.69) is 11.9 Å². The lowest BCUT2D eigenvalue weighted by atomic mass is 9.92. The van der Waals surface area contributed by atoms with Crippen molar-refractivity contribution in [3.63, 3.8) is 0 Å². The molecule has 31 heavy (non-hydrogen) atoms. The molecule has 9 nitrogen and oxygen atoms in total. The Hall–Kier alpha value is -0.866. The number of nitrogens with one attached hydrogen (secondary N) is 1. The molecule has 2 aliphatic carbocycles. The van der Waals surface area contributed by atoms with Crippen LogP contribution in [0.15, 0.2) is 30.3 Å². The molecule has 1 aromatic rings. The van der Waals surface area contributed by atoms with Gasteiger partial charge in [0.25, 0.3) is 0 Å². The first-order valence-electron chi connectivity index (χ1n) is 10.5. The summed E-state index contributed by atoms with van der Waals surface area (Å²) in [5, 5.41) is 3.24. The molecule has 0 spiro atoms. The van der Waals surface area contributed by atoms with Crippen LogP contribution in [-0.4, -0.2) is 64.9 Å². The second-order valence-electron chi connectivity index (χ2n) is 8.47. The third-order valence-electron chi connectivity index (χ3n) is 7.11. The van der Waals surface area contributed by atoms with Gasteiger partial charge in [0.2, 0.25) is 0 Å². The maximum atomic E-state index is 5.97. The van der Waals surface area contributed by atoms with Crippen LogP contribution in [0.2, 0.25) is 11.6 Å². The number of nitrogens with two attached hydrogens (primary N) is 3. The largest absolute Gasteiger partial charge is 0.520 e. The molecule has 2 aliphatic rings. The summed E-state index contributed by atoms with van der Waals surface area (Å²) in [4.78, 5) is 0. The van der Waals surface area contributed by atoms with Crippen molar-refractivity contribution in [2.45, 2.75) is 43.1 Å². The summed E-state index contributed by atoms with van der Waals surface area (Å²) in [5.74, 6) is -1.12. The lowest BCUT2D eigenvalue weighted by Gasteiger charge is -2.44. The van der Waals surface area contributed by atoms with Gasteiger partial charge in [-0.15, -0.1) is 0 Å². The Morgan fingerprint density at radius 3 is 1.65 bits per heavy atom. The van der Waals surface area contributed by atoms with Crippen LogP contribution in [-0.2, 0) is 22.1 Å². The lowest BCUT2D eigenvalue weighted by Crippen LogP contribution is -2.68. The number of benzene rings is 1. The van der Waals surface area contributed by atoms with E-state index < -0.39 is 23.2 Å². The van der Waals surface area contributed by atoms with Crippen molar-refractivity contribution in [3.05, 3.63) is 30.3 Å². The van der Waals surface area contributed by atoms with E-state index >= 15 is 0 Å². The second kappa shape index (κ2) is 9.95. The van der Waals surface area contributed by atoms with Crippen LogP contribution in [0.25, 0.3) is 0 Å². The minimum Gasteiger partial charge on any atom is -0.397 e. The van der Waals surface area contributed by atoms with Gasteiger partial charge in [-0.05, 0) is 44.4 Å². The van der Waals surface area contributed by atoms with Gasteiger partial charge in [0.1, 0.15) is 5.79 Å². The molecule has 2 fully saturated rings. The van der Waals surface area contributed by atoms with E-state index in [0.29, 0.717) is 6.17 Å².